The van der Waals surface area contributed by atoms with Crippen molar-refractivity contribution in [3.63, 3.8) is 0 Å². The maximum atomic E-state index is 11.0. The number of rotatable bonds is 3. The standard InChI is InChI=1S/C16H23NO4/c1-8-9(2)14-11(10(3)13(8)18)5-6-16(4,21-14)7-12(17)15(19)20/h12,18H,5-7,17H2,1-4H3,(H,19,20). The minimum absolute atomic E-state index is 0.264. The van der Waals surface area contributed by atoms with Crippen LogP contribution in [-0.4, -0.2) is 27.8 Å². The fourth-order valence-electron chi connectivity index (χ4n) is 2.99. The van der Waals surface area contributed by atoms with Crippen molar-refractivity contribution in [2.75, 3.05) is 0 Å². The maximum absolute atomic E-state index is 11.0. The lowest BCUT2D eigenvalue weighted by Crippen LogP contribution is -2.45. The van der Waals surface area contributed by atoms with Crippen molar-refractivity contribution >= 4 is 5.97 Å². The van der Waals surface area contributed by atoms with Crippen LogP contribution in [0.2, 0.25) is 0 Å². The van der Waals surface area contributed by atoms with Crippen molar-refractivity contribution in [2.45, 2.75) is 58.6 Å². The van der Waals surface area contributed by atoms with E-state index in [9.17, 15) is 9.90 Å². The Kier molecular flexibility index (Phi) is 3.89. The molecule has 1 aliphatic heterocycles. The molecule has 5 nitrogen and oxygen atoms in total. The van der Waals surface area contributed by atoms with Crippen LogP contribution in [0, 0.1) is 20.8 Å². The average Bonchev–Trinajstić information content (AvgIpc) is 2.42. The quantitative estimate of drug-likeness (QED) is 0.794. The van der Waals surface area contributed by atoms with Gasteiger partial charge in [-0.25, -0.2) is 0 Å². The van der Waals surface area contributed by atoms with Crippen molar-refractivity contribution in [1.82, 2.24) is 0 Å². The predicted octanol–water partition coefficient (Wildman–Crippen LogP) is 2.20. The third-order valence-electron chi connectivity index (χ3n) is 4.56. The van der Waals surface area contributed by atoms with E-state index in [1.807, 2.05) is 27.7 Å². The third kappa shape index (κ3) is 2.70. The third-order valence-corrected chi connectivity index (χ3v) is 4.56. The van der Waals surface area contributed by atoms with Crippen LogP contribution in [0.4, 0.5) is 0 Å². The summed E-state index contributed by atoms with van der Waals surface area (Å²) in [7, 11) is 0. The van der Waals surface area contributed by atoms with Crippen LogP contribution in [0.25, 0.3) is 0 Å². The number of phenols is 1. The van der Waals surface area contributed by atoms with Gasteiger partial charge in [0.15, 0.2) is 0 Å². The zero-order valence-corrected chi connectivity index (χ0v) is 13.0. The smallest absolute Gasteiger partial charge is 0.320 e. The second kappa shape index (κ2) is 5.22. The lowest BCUT2D eigenvalue weighted by atomic mass is 9.84. The molecule has 0 fully saturated rings. The first-order chi connectivity index (χ1) is 9.66. The van der Waals surface area contributed by atoms with Crippen LogP contribution < -0.4 is 10.5 Å². The monoisotopic (exact) mass is 293 g/mol. The average molecular weight is 293 g/mol. The van der Waals surface area contributed by atoms with Gasteiger partial charge in [0.2, 0.25) is 0 Å². The van der Waals surface area contributed by atoms with E-state index in [2.05, 4.69) is 0 Å². The molecular weight excluding hydrogens is 270 g/mol. The van der Waals surface area contributed by atoms with Gasteiger partial charge in [0.05, 0.1) is 0 Å². The highest BCUT2D eigenvalue weighted by Crippen LogP contribution is 2.44. The van der Waals surface area contributed by atoms with Crippen LogP contribution in [0.5, 0.6) is 11.5 Å². The zero-order valence-electron chi connectivity index (χ0n) is 13.0. The van der Waals surface area contributed by atoms with Crippen molar-refractivity contribution in [2.24, 2.45) is 5.73 Å². The number of carboxylic acids is 1. The summed E-state index contributed by atoms with van der Waals surface area (Å²) in [5.74, 6) is 0.0789. The van der Waals surface area contributed by atoms with Gasteiger partial charge >= 0.3 is 5.97 Å². The van der Waals surface area contributed by atoms with Gasteiger partial charge in [-0.2, -0.15) is 0 Å². The molecule has 2 atom stereocenters. The molecule has 0 radical (unpaired) electrons. The van der Waals surface area contributed by atoms with Crippen molar-refractivity contribution in [1.29, 1.82) is 0 Å². The van der Waals surface area contributed by atoms with Crippen molar-refractivity contribution in [3.8, 4) is 11.5 Å². The Morgan fingerprint density at radius 1 is 1.33 bits per heavy atom. The largest absolute Gasteiger partial charge is 0.507 e. The molecular formula is C16H23NO4. The Balaban J connectivity index is 2.38. The number of benzene rings is 1. The van der Waals surface area contributed by atoms with Gasteiger partial charge in [-0.15, -0.1) is 0 Å². The maximum Gasteiger partial charge on any atom is 0.320 e. The summed E-state index contributed by atoms with van der Waals surface area (Å²) in [5, 5.41) is 19.1. The van der Waals surface area contributed by atoms with Crippen LogP contribution in [0.1, 0.15) is 42.0 Å². The Morgan fingerprint density at radius 3 is 2.52 bits per heavy atom. The Hall–Kier alpha value is -1.75. The molecule has 0 bridgehead atoms. The highest BCUT2D eigenvalue weighted by molar-refractivity contribution is 5.73. The normalized spacial score (nSPS) is 22.3. The molecule has 5 heteroatoms. The van der Waals surface area contributed by atoms with E-state index in [0.29, 0.717) is 12.2 Å². The molecule has 0 aromatic heterocycles. The molecule has 0 saturated carbocycles. The van der Waals surface area contributed by atoms with E-state index in [0.717, 1.165) is 34.4 Å². The Morgan fingerprint density at radius 2 is 1.95 bits per heavy atom. The number of aromatic hydroxyl groups is 1. The number of hydrogen-bond donors (Lipinski definition) is 3. The molecule has 1 heterocycles. The number of carboxylic acid groups (broad SMARTS) is 1. The number of phenolic OH excluding ortho intramolecular Hbond substituents is 1. The number of hydrogen-bond acceptors (Lipinski definition) is 4. The minimum atomic E-state index is -1.01. The van der Waals surface area contributed by atoms with E-state index in [-0.39, 0.29) is 6.42 Å². The van der Waals surface area contributed by atoms with Gasteiger partial charge in [-0.05, 0) is 57.2 Å². The molecule has 0 saturated heterocycles. The number of aliphatic carboxylic acids is 1. The van der Waals surface area contributed by atoms with Gasteiger partial charge < -0.3 is 20.7 Å². The summed E-state index contributed by atoms with van der Waals surface area (Å²) in [5.41, 5.74) is 8.63. The lowest BCUT2D eigenvalue weighted by molar-refractivity contribution is -0.140. The van der Waals surface area contributed by atoms with Gasteiger partial charge in [0, 0.05) is 12.0 Å². The first kappa shape index (κ1) is 15.6. The fourth-order valence-corrected chi connectivity index (χ4v) is 2.99. The van der Waals surface area contributed by atoms with E-state index in [1.165, 1.54) is 0 Å². The Bertz CT molecular complexity index is 597. The highest BCUT2D eigenvalue weighted by Gasteiger charge is 2.37. The molecule has 0 amide bonds. The zero-order chi connectivity index (χ0) is 15.9. The Labute approximate surface area is 124 Å². The van der Waals surface area contributed by atoms with Gasteiger partial charge in [0.1, 0.15) is 23.1 Å². The van der Waals surface area contributed by atoms with Crippen LogP contribution in [-0.2, 0) is 11.2 Å². The molecule has 2 rings (SSSR count). The fraction of sp³-hybridized carbons (Fsp3) is 0.562. The number of ether oxygens (including phenoxy) is 1. The topological polar surface area (TPSA) is 92.8 Å². The van der Waals surface area contributed by atoms with E-state index in [4.69, 9.17) is 15.6 Å². The second-order valence-corrected chi connectivity index (χ2v) is 6.23. The van der Waals surface area contributed by atoms with E-state index < -0.39 is 17.6 Å². The van der Waals surface area contributed by atoms with E-state index in [1.54, 1.807) is 0 Å². The summed E-state index contributed by atoms with van der Waals surface area (Å²) < 4.78 is 6.13. The molecule has 21 heavy (non-hydrogen) atoms. The van der Waals surface area contributed by atoms with Crippen molar-refractivity contribution < 1.29 is 19.7 Å². The number of fused-ring (bicyclic) bond motifs is 1. The molecule has 116 valence electrons. The first-order valence-electron chi connectivity index (χ1n) is 7.15. The lowest BCUT2D eigenvalue weighted by Gasteiger charge is -2.38. The van der Waals surface area contributed by atoms with Crippen LogP contribution in [0.3, 0.4) is 0 Å². The molecule has 1 aliphatic rings. The van der Waals surface area contributed by atoms with E-state index >= 15 is 0 Å². The summed E-state index contributed by atoms with van der Waals surface area (Å²) >= 11 is 0. The number of nitrogens with two attached hydrogens (primary N) is 1. The molecule has 0 spiro atoms. The first-order valence-corrected chi connectivity index (χ1v) is 7.15. The molecule has 0 aliphatic carbocycles. The number of carbonyl (C=O) groups is 1. The van der Waals surface area contributed by atoms with Gasteiger partial charge in [-0.3, -0.25) is 4.79 Å². The minimum Gasteiger partial charge on any atom is -0.507 e. The molecule has 4 N–H and O–H groups in total. The van der Waals surface area contributed by atoms with Crippen LogP contribution in [0.15, 0.2) is 0 Å². The summed E-state index contributed by atoms with van der Waals surface area (Å²) in [6, 6.07) is -0.934. The van der Waals surface area contributed by atoms with Gasteiger partial charge in [-0.1, -0.05) is 0 Å². The molecule has 1 aromatic carbocycles. The summed E-state index contributed by atoms with van der Waals surface area (Å²) in [6.45, 7) is 7.55. The SMILES string of the molecule is Cc1c(C)c2c(c(C)c1O)CCC(C)(CC(N)C(=O)O)O2. The molecule has 1 aromatic rings. The summed E-state index contributed by atoms with van der Waals surface area (Å²) in [4.78, 5) is 11.0. The summed E-state index contributed by atoms with van der Waals surface area (Å²) in [6.07, 6.45) is 1.70. The molecule has 2 unspecified atom stereocenters. The van der Waals surface area contributed by atoms with Crippen LogP contribution >= 0.6 is 0 Å². The predicted molar refractivity (Wildman–Crippen MR) is 79.9 cm³/mol. The highest BCUT2D eigenvalue weighted by atomic mass is 16.5. The van der Waals surface area contributed by atoms with Gasteiger partial charge in [0.25, 0.3) is 0 Å². The van der Waals surface area contributed by atoms with Crippen molar-refractivity contribution in [3.05, 3.63) is 22.3 Å². The second-order valence-electron chi connectivity index (χ2n) is 6.23.